The van der Waals surface area contributed by atoms with Crippen LogP contribution in [-0.2, 0) is 12.8 Å². The van der Waals surface area contributed by atoms with E-state index in [1.807, 2.05) is 6.92 Å². The van der Waals surface area contributed by atoms with Gasteiger partial charge < -0.3 is 14.9 Å². The van der Waals surface area contributed by atoms with Crippen molar-refractivity contribution in [3.05, 3.63) is 41.0 Å². The zero-order chi connectivity index (χ0) is 13.1. The fourth-order valence-corrected chi connectivity index (χ4v) is 1.87. The summed E-state index contributed by atoms with van der Waals surface area (Å²) in [7, 11) is 1.56. The van der Waals surface area contributed by atoms with E-state index in [0.717, 1.165) is 17.0 Å². The van der Waals surface area contributed by atoms with Crippen LogP contribution in [0.4, 0.5) is 10.4 Å². The predicted octanol–water partition coefficient (Wildman–Crippen LogP) is 2.50. The fourth-order valence-electron chi connectivity index (χ4n) is 1.87. The van der Waals surface area contributed by atoms with Crippen molar-refractivity contribution in [1.29, 1.82) is 0 Å². The molecule has 0 radical (unpaired) electrons. The molecule has 0 unspecified atom stereocenters. The summed E-state index contributed by atoms with van der Waals surface area (Å²) in [5.74, 6) is 1.11. The molecule has 0 bridgehead atoms. The monoisotopic (exact) mass is 250 g/mol. The molecule has 18 heavy (non-hydrogen) atoms. The Balaban J connectivity index is 2.14. The molecule has 0 saturated heterocycles. The molecule has 0 amide bonds. The van der Waals surface area contributed by atoms with Crippen LogP contribution in [0.3, 0.4) is 0 Å². The van der Waals surface area contributed by atoms with Gasteiger partial charge in [0.15, 0.2) is 0 Å². The molecule has 2 aromatic rings. The van der Waals surface area contributed by atoms with E-state index in [2.05, 4.69) is 4.98 Å². The lowest BCUT2D eigenvalue weighted by Crippen LogP contribution is -1.97. The van der Waals surface area contributed by atoms with Crippen molar-refractivity contribution < 1.29 is 13.5 Å². The zero-order valence-corrected chi connectivity index (χ0v) is 10.4. The Labute approximate surface area is 105 Å². The Morgan fingerprint density at radius 2 is 2.17 bits per heavy atom. The quantitative estimate of drug-likeness (QED) is 0.905. The first-order chi connectivity index (χ1) is 8.60. The summed E-state index contributed by atoms with van der Waals surface area (Å²) in [6.45, 7) is 1.83. The molecule has 0 aliphatic rings. The molecule has 0 spiro atoms. The number of nitrogen functional groups attached to an aromatic ring is 1. The second-order valence-electron chi connectivity index (χ2n) is 4.02. The second kappa shape index (κ2) is 5.08. The normalized spacial score (nSPS) is 10.6. The molecule has 0 saturated carbocycles. The van der Waals surface area contributed by atoms with E-state index in [4.69, 9.17) is 14.9 Å². The zero-order valence-electron chi connectivity index (χ0n) is 10.4. The number of hydrogen-bond acceptors (Lipinski definition) is 4. The Kier molecular flexibility index (Phi) is 3.50. The van der Waals surface area contributed by atoms with Crippen LogP contribution in [0.2, 0.25) is 0 Å². The molecule has 0 fully saturated rings. The molecule has 2 N–H and O–H groups in total. The number of nitrogens with two attached hydrogens (primary N) is 1. The largest absolute Gasteiger partial charge is 0.496 e. The molecular formula is C13H15FN2O2. The number of anilines is 1. The molecule has 1 aromatic carbocycles. The summed E-state index contributed by atoms with van der Waals surface area (Å²) in [5.41, 5.74) is 7.03. The summed E-state index contributed by atoms with van der Waals surface area (Å²) in [4.78, 5) is 3.99. The van der Waals surface area contributed by atoms with E-state index < -0.39 is 0 Å². The Bertz CT molecular complexity index is 552. The van der Waals surface area contributed by atoms with Crippen LogP contribution >= 0.6 is 0 Å². The number of methoxy groups -OCH3 is 1. The van der Waals surface area contributed by atoms with Gasteiger partial charge in [-0.15, -0.1) is 0 Å². The second-order valence-corrected chi connectivity index (χ2v) is 4.02. The number of ether oxygens (including phenoxy) is 1. The molecule has 5 heteroatoms. The average Bonchev–Trinajstić information content (AvgIpc) is 2.65. The Morgan fingerprint density at radius 1 is 1.39 bits per heavy atom. The molecule has 1 heterocycles. The molecule has 0 aliphatic heterocycles. The number of hydrogen-bond donors (Lipinski definition) is 1. The molecular weight excluding hydrogens is 235 g/mol. The predicted molar refractivity (Wildman–Crippen MR) is 66.0 cm³/mol. The third kappa shape index (κ3) is 2.61. The van der Waals surface area contributed by atoms with E-state index >= 15 is 0 Å². The van der Waals surface area contributed by atoms with Gasteiger partial charge in [-0.3, -0.25) is 0 Å². The lowest BCUT2D eigenvalue weighted by atomic mass is 10.1. The maximum Gasteiger partial charge on any atom is 0.292 e. The number of benzene rings is 1. The molecule has 1 aromatic heterocycles. The highest BCUT2D eigenvalue weighted by Crippen LogP contribution is 2.22. The highest BCUT2D eigenvalue weighted by Gasteiger charge is 2.10. The van der Waals surface area contributed by atoms with Gasteiger partial charge in [-0.05, 0) is 37.1 Å². The first kappa shape index (κ1) is 12.4. The first-order valence-corrected chi connectivity index (χ1v) is 5.64. The number of nitrogens with zero attached hydrogens (tertiary/aromatic N) is 1. The smallest absolute Gasteiger partial charge is 0.292 e. The van der Waals surface area contributed by atoms with E-state index in [-0.39, 0.29) is 11.8 Å². The maximum atomic E-state index is 13.2. The van der Waals surface area contributed by atoms with Crippen LogP contribution in [0.5, 0.6) is 5.75 Å². The minimum absolute atomic E-state index is 0.161. The van der Waals surface area contributed by atoms with Crippen LogP contribution in [-0.4, -0.2) is 12.1 Å². The summed E-state index contributed by atoms with van der Waals surface area (Å²) < 4.78 is 23.6. The topological polar surface area (TPSA) is 61.3 Å². The Morgan fingerprint density at radius 3 is 2.78 bits per heavy atom. The fraction of sp³-hybridized carbons (Fsp3) is 0.308. The average molecular weight is 250 g/mol. The van der Waals surface area contributed by atoms with Gasteiger partial charge in [0, 0.05) is 6.42 Å². The third-order valence-corrected chi connectivity index (χ3v) is 2.77. The van der Waals surface area contributed by atoms with Gasteiger partial charge in [0.2, 0.25) is 0 Å². The van der Waals surface area contributed by atoms with E-state index in [9.17, 15) is 4.39 Å². The molecule has 4 nitrogen and oxygen atoms in total. The van der Waals surface area contributed by atoms with Crippen LogP contribution in [0, 0.1) is 12.7 Å². The summed E-state index contributed by atoms with van der Waals surface area (Å²) >= 11 is 0. The van der Waals surface area contributed by atoms with Gasteiger partial charge in [0.05, 0.1) is 12.8 Å². The van der Waals surface area contributed by atoms with Gasteiger partial charge in [0.1, 0.15) is 17.3 Å². The number of aromatic nitrogens is 1. The SMILES string of the molecule is COc1ccc(F)cc1CCc1oc(N)nc1C. The van der Waals surface area contributed by atoms with Crippen LogP contribution in [0.1, 0.15) is 17.0 Å². The lowest BCUT2D eigenvalue weighted by molar-refractivity contribution is 0.407. The van der Waals surface area contributed by atoms with Crippen LogP contribution in [0.25, 0.3) is 0 Å². The number of rotatable bonds is 4. The highest BCUT2D eigenvalue weighted by molar-refractivity contribution is 5.34. The molecule has 0 aliphatic carbocycles. The maximum absolute atomic E-state index is 13.2. The first-order valence-electron chi connectivity index (χ1n) is 5.64. The van der Waals surface area contributed by atoms with Crippen LogP contribution in [0.15, 0.2) is 22.6 Å². The summed E-state index contributed by atoms with van der Waals surface area (Å²) in [5, 5.41) is 0. The van der Waals surface area contributed by atoms with Gasteiger partial charge in [-0.2, -0.15) is 4.98 Å². The third-order valence-electron chi connectivity index (χ3n) is 2.77. The van der Waals surface area contributed by atoms with Gasteiger partial charge in [-0.25, -0.2) is 4.39 Å². The summed E-state index contributed by atoms with van der Waals surface area (Å²) in [6, 6.07) is 4.62. The minimum atomic E-state index is -0.278. The molecule has 96 valence electrons. The van der Waals surface area contributed by atoms with E-state index in [1.165, 1.54) is 12.1 Å². The molecule has 2 rings (SSSR count). The minimum Gasteiger partial charge on any atom is -0.496 e. The van der Waals surface area contributed by atoms with Gasteiger partial charge in [-0.1, -0.05) is 0 Å². The standard InChI is InChI=1S/C13H15FN2O2/c1-8-11(18-13(15)16-8)5-3-9-7-10(14)4-6-12(9)17-2/h4,6-7H,3,5H2,1-2H3,(H2,15,16). The van der Waals surface area contributed by atoms with Crippen molar-refractivity contribution >= 4 is 6.01 Å². The van der Waals surface area contributed by atoms with E-state index in [0.29, 0.717) is 18.6 Å². The van der Waals surface area contributed by atoms with E-state index in [1.54, 1.807) is 13.2 Å². The highest BCUT2D eigenvalue weighted by atomic mass is 19.1. The van der Waals surface area contributed by atoms with Crippen LogP contribution < -0.4 is 10.5 Å². The molecule has 0 atom stereocenters. The lowest BCUT2D eigenvalue weighted by Gasteiger charge is -2.07. The van der Waals surface area contributed by atoms with Crippen molar-refractivity contribution in [3.8, 4) is 5.75 Å². The van der Waals surface area contributed by atoms with Crippen molar-refractivity contribution in [1.82, 2.24) is 4.98 Å². The number of oxazole rings is 1. The van der Waals surface area contributed by atoms with Crippen molar-refractivity contribution in [2.75, 3.05) is 12.8 Å². The Hall–Kier alpha value is -2.04. The summed E-state index contributed by atoms with van der Waals surface area (Å²) in [6.07, 6.45) is 1.21. The van der Waals surface area contributed by atoms with Crippen molar-refractivity contribution in [2.24, 2.45) is 0 Å². The van der Waals surface area contributed by atoms with Crippen molar-refractivity contribution in [3.63, 3.8) is 0 Å². The van der Waals surface area contributed by atoms with Gasteiger partial charge >= 0.3 is 0 Å². The van der Waals surface area contributed by atoms with Crippen molar-refractivity contribution in [2.45, 2.75) is 19.8 Å². The van der Waals surface area contributed by atoms with Gasteiger partial charge in [0.25, 0.3) is 6.01 Å². The number of halogens is 1. The number of aryl methyl sites for hydroxylation is 3.